The van der Waals surface area contributed by atoms with E-state index in [1.165, 1.54) is 14.0 Å². The lowest BCUT2D eigenvalue weighted by Crippen LogP contribution is -2.26. The molecule has 0 aliphatic carbocycles. The second-order valence-electron chi connectivity index (χ2n) is 3.56. The van der Waals surface area contributed by atoms with Gasteiger partial charge in [-0.05, 0) is 13.0 Å². The zero-order valence-electron chi connectivity index (χ0n) is 10.3. The number of sulfonamides is 1. The summed E-state index contributed by atoms with van der Waals surface area (Å²) in [7, 11) is -2.61. The number of ether oxygens (including phenoxy) is 1. The number of rotatable bonds is 6. The van der Waals surface area contributed by atoms with Crippen molar-refractivity contribution in [1.29, 1.82) is 0 Å². The smallest absolute Gasteiger partial charge is 0.345 e. The van der Waals surface area contributed by atoms with Gasteiger partial charge < -0.3 is 9.84 Å². The van der Waals surface area contributed by atoms with Crippen molar-refractivity contribution >= 4 is 33.3 Å². The molecule has 0 saturated heterocycles. The topological polar surface area (TPSA) is 110 Å². The van der Waals surface area contributed by atoms with Crippen LogP contribution in [0.25, 0.3) is 0 Å². The molecule has 0 spiro atoms. The standard InChI is InChI=1S/C10H13NO6S2/c1-6-8(5-7(18-6)10(13)14)19(15,16)11-4-3-9(12)17-2/h5,11H,3-4H2,1-2H3,(H,13,14). The molecule has 1 aromatic rings. The number of aryl methyl sites for hydroxylation is 1. The van der Waals surface area contributed by atoms with E-state index in [1.807, 2.05) is 0 Å². The van der Waals surface area contributed by atoms with Crippen LogP contribution in [0.4, 0.5) is 0 Å². The van der Waals surface area contributed by atoms with Crippen LogP contribution in [0.2, 0.25) is 0 Å². The monoisotopic (exact) mass is 307 g/mol. The van der Waals surface area contributed by atoms with E-state index in [2.05, 4.69) is 9.46 Å². The van der Waals surface area contributed by atoms with Crippen LogP contribution in [0, 0.1) is 6.92 Å². The van der Waals surface area contributed by atoms with Gasteiger partial charge in [-0.2, -0.15) is 0 Å². The van der Waals surface area contributed by atoms with Gasteiger partial charge in [0.2, 0.25) is 10.0 Å². The molecule has 0 aliphatic rings. The number of aromatic carboxylic acids is 1. The van der Waals surface area contributed by atoms with Gasteiger partial charge in [0.05, 0.1) is 18.4 Å². The highest BCUT2D eigenvalue weighted by molar-refractivity contribution is 7.89. The average molecular weight is 307 g/mol. The summed E-state index contributed by atoms with van der Waals surface area (Å²) >= 11 is 0.883. The molecule has 0 unspecified atom stereocenters. The van der Waals surface area contributed by atoms with E-state index in [1.54, 1.807) is 0 Å². The molecule has 19 heavy (non-hydrogen) atoms. The number of carboxylic acids is 1. The number of esters is 1. The number of hydrogen-bond acceptors (Lipinski definition) is 6. The summed E-state index contributed by atoms with van der Waals surface area (Å²) in [6, 6.07) is 1.10. The van der Waals surface area contributed by atoms with Crippen molar-refractivity contribution in [3.8, 4) is 0 Å². The van der Waals surface area contributed by atoms with Crippen molar-refractivity contribution < 1.29 is 27.9 Å². The average Bonchev–Trinajstić information content (AvgIpc) is 2.71. The first-order chi connectivity index (χ1) is 8.77. The predicted octanol–water partition coefficient (Wildman–Crippen LogP) is 0.596. The summed E-state index contributed by atoms with van der Waals surface area (Å²) in [5.41, 5.74) is 0. The summed E-state index contributed by atoms with van der Waals surface area (Å²) < 4.78 is 30.4. The number of nitrogens with one attached hydrogen (secondary N) is 1. The summed E-state index contributed by atoms with van der Waals surface area (Å²) in [5.74, 6) is -1.71. The van der Waals surface area contributed by atoms with Gasteiger partial charge >= 0.3 is 11.9 Å². The predicted molar refractivity (Wildman–Crippen MR) is 67.8 cm³/mol. The lowest BCUT2D eigenvalue weighted by molar-refractivity contribution is -0.140. The van der Waals surface area contributed by atoms with Crippen molar-refractivity contribution in [1.82, 2.24) is 4.72 Å². The molecular weight excluding hydrogens is 294 g/mol. The Morgan fingerprint density at radius 1 is 1.47 bits per heavy atom. The molecule has 1 aromatic heterocycles. The number of hydrogen-bond donors (Lipinski definition) is 2. The fourth-order valence-electron chi connectivity index (χ4n) is 1.30. The number of thiophene rings is 1. The normalized spacial score (nSPS) is 11.3. The number of carbonyl (C=O) groups excluding carboxylic acids is 1. The second kappa shape index (κ2) is 6.13. The van der Waals surface area contributed by atoms with E-state index in [-0.39, 0.29) is 22.7 Å². The highest BCUT2D eigenvalue weighted by atomic mass is 32.2. The Kier molecular flexibility index (Phi) is 5.04. The van der Waals surface area contributed by atoms with E-state index in [0.717, 1.165) is 17.4 Å². The van der Waals surface area contributed by atoms with Gasteiger partial charge in [-0.25, -0.2) is 17.9 Å². The Hall–Kier alpha value is -1.45. The van der Waals surface area contributed by atoms with E-state index in [9.17, 15) is 18.0 Å². The Labute approximate surface area is 114 Å². The largest absolute Gasteiger partial charge is 0.477 e. The van der Waals surface area contributed by atoms with Gasteiger partial charge in [-0.1, -0.05) is 0 Å². The first-order valence-electron chi connectivity index (χ1n) is 5.18. The molecule has 0 amide bonds. The van der Waals surface area contributed by atoms with Crippen LogP contribution in [0.5, 0.6) is 0 Å². The maximum atomic E-state index is 11.9. The van der Waals surface area contributed by atoms with Gasteiger partial charge in [-0.3, -0.25) is 4.79 Å². The molecule has 0 saturated carbocycles. The quantitative estimate of drug-likeness (QED) is 0.745. The van der Waals surface area contributed by atoms with E-state index in [4.69, 9.17) is 5.11 Å². The third-order valence-electron chi connectivity index (χ3n) is 2.22. The van der Waals surface area contributed by atoms with Crippen molar-refractivity contribution in [3.63, 3.8) is 0 Å². The molecule has 9 heteroatoms. The van der Waals surface area contributed by atoms with Crippen molar-refractivity contribution in [2.45, 2.75) is 18.2 Å². The first-order valence-corrected chi connectivity index (χ1v) is 7.48. The van der Waals surface area contributed by atoms with Crippen LogP contribution in [0.15, 0.2) is 11.0 Å². The Morgan fingerprint density at radius 3 is 2.58 bits per heavy atom. The van der Waals surface area contributed by atoms with Crippen LogP contribution in [-0.4, -0.2) is 39.1 Å². The van der Waals surface area contributed by atoms with Gasteiger partial charge in [0.25, 0.3) is 0 Å². The van der Waals surface area contributed by atoms with Crippen LogP contribution >= 0.6 is 11.3 Å². The van der Waals surface area contributed by atoms with Crippen molar-refractivity contribution in [2.24, 2.45) is 0 Å². The van der Waals surface area contributed by atoms with Crippen LogP contribution in [0.3, 0.4) is 0 Å². The van der Waals surface area contributed by atoms with Gasteiger partial charge in [0.15, 0.2) is 0 Å². The lowest BCUT2D eigenvalue weighted by Gasteiger charge is -2.05. The Morgan fingerprint density at radius 2 is 2.11 bits per heavy atom. The third-order valence-corrected chi connectivity index (χ3v) is 4.98. The SMILES string of the molecule is COC(=O)CCNS(=O)(=O)c1cc(C(=O)O)sc1C. The van der Waals surface area contributed by atoms with E-state index >= 15 is 0 Å². The molecule has 0 bridgehead atoms. The molecular formula is C10H13NO6S2. The second-order valence-corrected chi connectivity index (χ2v) is 6.55. The van der Waals surface area contributed by atoms with Crippen LogP contribution < -0.4 is 4.72 Å². The van der Waals surface area contributed by atoms with E-state index < -0.39 is 22.0 Å². The Bertz CT molecular complexity index is 589. The fraction of sp³-hybridized carbons (Fsp3) is 0.400. The molecule has 0 aliphatic heterocycles. The van der Waals surface area contributed by atoms with Crippen LogP contribution in [0.1, 0.15) is 21.0 Å². The number of methoxy groups -OCH3 is 1. The summed E-state index contributed by atoms with van der Waals surface area (Å²) in [6.45, 7) is 1.42. The summed E-state index contributed by atoms with van der Waals surface area (Å²) in [6.07, 6.45) is -0.0926. The molecule has 0 fully saturated rings. The van der Waals surface area contributed by atoms with E-state index in [0.29, 0.717) is 4.88 Å². The minimum Gasteiger partial charge on any atom is -0.477 e. The molecule has 0 atom stereocenters. The minimum atomic E-state index is -3.82. The Balaban J connectivity index is 2.83. The highest BCUT2D eigenvalue weighted by Crippen LogP contribution is 2.25. The van der Waals surface area contributed by atoms with Gasteiger partial charge in [0, 0.05) is 11.4 Å². The molecule has 0 aromatic carbocycles. The van der Waals surface area contributed by atoms with Crippen molar-refractivity contribution in [2.75, 3.05) is 13.7 Å². The first kappa shape index (κ1) is 15.6. The van der Waals surface area contributed by atoms with Gasteiger partial charge in [0.1, 0.15) is 4.88 Å². The number of carboxylic acid groups (broad SMARTS) is 1. The third kappa shape index (κ3) is 4.01. The zero-order valence-corrected chi connectivity index (χ0v) is 11.9. The molecule has 0 radical (unpaired) electrons. The molecule has 2 N–H and O–H groups in total. The fourth-order valence-corrected chi connectivity index (χ4v) is 3.76. The minimum absolute atomic E-state index is 0.0501. The van der Waals surface area contributed by atoms with Gasteiger partial charge in [-0.15, -0.1) is 11.3 Å². The summed E-state index contributed by atoms with van der Waals surface area (Å²) in [4.78, 5) is 21.9. The highest BCUT2D eigenvalue weighted by Gasteiger charge is 2.22. The van der Waals surface area contributed by atoms with Crippen molar-refractivity contribution in [3.05, 3.63) is 15.8 Å². The molecule has 106 valence electrons. The number of carbonyl (C=O) groups is 2. The molecule has 1 rings (SSSR count). The zero-order chi connectivity index (χ0) is 14.6. The lowest BCUT2D eigenvalue weighted by atomic mass is 10.4. The maximum absolute atomic E-state index is 11.9. The maximum Gasteiger partial charge on any atom is 0.345 e. The molecule has 1 heterocycles. The van der Waals surface area contributed by atoms with Crippen LogP contribution in [-0.2, 0) is 19.6 Å². The summed E-state index contributed by atoms with van der Waals surface area (Å²) in [5, 5.41) is 8.80. The molecule has 7 nitrogen and oxygen atoms in total.